The molecule has 0 bridgehead atoms. The van der Waals surface area contributed by atoms with Crippen LogP contribution in [0.5, 0.6) is 0 Å². The van der Waals surface area contributed by atoms with Gasteiger partial charge in [0, 0.05) is 32.4 Å². The summed E-state index contributed by atoms with van der Waals surface area (Å²) in [5, 5.41) is 7.09. The summed E-state index contributed by atoms with van der Waals surface area (Å²) < 4.78 is 6.95. The van der Waals surface area contributed by atoms with Crippen LogP contribution >= 0.6 is 0 Å². The van der Waals surface area contributed by atoms with Gasteiger partial charge in [-0.25, -0.2) is 0 Å². The SMILES string of the molecule is Cc1nn(C)c(C)c1C(=O)NCCCOCCN. The van der Waals surface area contributed by atoms with Crippen molar-refractivity contribution in [2.45, 2.75) is 20.3 Å². The average molecular weight is 254 g/mol. The largest absolute Gasteiger partial charge is 0.380 e. The molecule has 1 aromatic heterocycles. The number of aryl methyl sites for hydroxylation is 2. The lowest BCUT2D eigenvalue weighted by molar-refractivity contribution is 0.0941. The third kappa shape index (κ3) is 3.82. The summed E-state index contributed by atoms with van der Waals surface area (Å²) in [4.78, 5) is 12.0. The molecule has 1 rings (SSSR count). The molecular weight excluding hydrogens is 232 g/mol. The molecule has 0 aromatic carbocycles. The number of rotatable bonds is 7. The van der Waals surface area contributed by atoms with Crippen molar-refractivity contribution in [1.29, 1.82) is 0 Å². The van der Waals surface area contributed by atoms with Crippen LogP contribution < -0.4 is 11.1 Å². The van der Waals surface area contributed by atoms with Crippen LogP contribution in [-0.4, -0.2) is 42.0 Å². The Morgan fingerprint density at radius 3 is 2.72 bits per heavy atom. The zero-order valence-electron chi connectivity index (χ0n) is 11.3. The third-order valence-corrected chi connectivity index (χ3v) is 2.75. The van der Waals surface area contributed by atoms with Crippen molar-refractivity contribution in [3.8, 4) is 0 Å². The molecule has 0 aliphatic heterocycles. The quantitative estimate of drug-likeness (QED) is 0.678. The highest BCUT2D eigenvalue weighted by molar-refractivity contribution is 5.96. The van der Waals surface area contributed by atoms with E-state index in [9.17, 15) is 4.79 Å². The van der Waals surface area contributed by atoms with Crippen LogP contribution in [0.1, 0.15) is 28.2 Å². The maximum absolute atomic E-state index is 12.0. The molecule has 102 valence electrons. The van der Waals surface area contributed by atoms with Gasteiger partial charge < -0.3 is 15.8 Å². The molecule has 0 saturated heterocycles. The van der Waals surface area contributed by atoms with Crippen molar-refractivity contribution in [2.24, 2.45) is 12.8 Å². The van der Waals surface area contributed by atoms with Gasteiger partial charge in [-0.15, -0.1) is 0 Å². The number of ether oxygens (including phenoxy) is 1. The second-order valence-electron chi connectivity index (χ2n) is 4.18. The summed E-state index contributed by atoms with van der Waals surface area (Å²) in [6, 6.07) is 0. The van der Waals surface area contributed by atoms with E-state index in [0.717, 1.165) is 17.8 Å². The van der Waals surface area contributed by atoms with Crippen LogP contribution in [0.4, 0.5) is 0 Å². The zero-order chi connectivity index (χ0) is 13.5. The predicted molar refractivity (Wildman–Crippen MR) is 69.5 cm³/mol. The van der Waals surface area contributed by atoms with Gasteiger partial charge in [0.1, 0.15) is 0 Å². The normalized spacial score (nSPS) is 10.7. The van der Waals surface area contributed by atoms with Crippen molar-refractivity contribution in [2.75, 3.05) is 26.3 Å². The first-order valence-electron chi connectivity index (χ1n) is 6.14. The highest BCUT2D eigenvalue weighted by Crippen LogP contribution is 2.11. The van der Waals surface area contributed by atoms with Crippen molar-refractivity contribution < 1.29 is 9.53 Å². The number of amides is 1. The van der Waals surface area contributed by atoms with E-state index in [0.29, 0.717) is 31.9 Å². The van der Waals surface area contributed by atoms with E-state index >= 15 is 0 Å². The number of nitrogens with one attached hydrogen (secondary N) is 1. The molecule has 0 aliphatic carbocycles. The summed E-state index contributed by atoms with van der Waals surface area (Å²) in [6.07, 6.45) is 0.782. The van der Waals surface area contributed by atoms with Gasteiger partial charge in [0.25, 0.3) is 5.91 Å². The fourth-order valence-electron chi connectivity index (χ4n) is 1.75. The maximum Gasteiger partial charge on any atom is 0.255 e. The topological polar surface area (TPSA) is 82.2 Å². The number of nitrogens with two attached hydrogens (primary N) is 1. The van der Waals surface area contributed by atoms with Gasteiger partial charge in [0.15, 0.2) is 0 Å². The van der Waals surface area contributed by atoms with E-state index in [-0.39, 0.29) is 5.91 Å². The molecular formula is C12H22N4O2. The Morgan fingerprint density at radius 2 is 2.17 bits per heavy atom. The number of carbonyl (C=O) groups is 1. The monoisotopic (exact) mass is 254 g/mol. The van der Waals surface area contributed by atoms with Crippen molar-refractivity contribution >= 4 is 5.91 Å². The first kappa shape index (κ1) is 14.7. The van der Waals surface area contributed by atoms with Crippen molar-refractivity contribution in [3.05, 3.63) is 17.0 Å². The predicted octanol–water partition coefficient (Wildman–Crippen LogP) is 0.132. The Morgan fingerprint density at radius 1 is 1.44 bits per heavy atom. The molecule has 0 unspecified atom stereocenters. The Kier molecular flexibility index (Phi) is 5.80. The molecule has 1 heterocycles. The number of nitrogens with zero attached hydrogens (tertiary/aromatic N) is 2. The van der Waals surface area contributed by atoms with Gasteiger partial charge >= 0.3 is 0 Å². The smallest absolute Gasteiger partial charge is 0.255 e. The lowest BCUT2D eigenvalue weighted by Crippen LogP contribution is -2.26. The number of hydrogen-bond donors (Lipinski definition) is 2. The lowest BCUT2D eigenvalue weighted by atomic mass is 10.2. The van der Waals surface area contributed by atoms with Crippen LogP contribution in [0.2, 0.25) is 0 Å². The molecule has 0 saturated carbocycles. The van der Waals surface area contributed by atoms with E-state index in [4.69, 9.17) is 10.5 Å². The van der Waals surface area contributed by atoms with Crippen LogP contribution in [0.25, 0.3) is 0 Å². The van der Waals surface area contributed by atoms with Crippen molar-refractivity contribution in [3.63, 3.8) is 0 Å². The highest BCUT2D eigenvalue weighted by Gasteiger charge is 2.16. The average Bonchev–Trinajstić information content (AvgIpc) is 2.58. The van der Waals surface area contributed by atoms with E-state index in [1.54, 1.807) is 4.68 Å². The second-order valence-corrected chi connectivity index (χ2v) is 4.18. The minimum Gasteiger partial charge on any atom is -0.380 e. The number of aromatic nitrogens is 2. The fourth-order valence-corrected chi connectivity index (χ4v) is 1.75. The molecule has 0 spiro atoms. The fraction of sp³-hybridized carbons (Fsp3) is 0.667. The van der Waals surface area contributed by atoms with Gasteiger partial charge in [-0.05, 0) is 20.3 Å². The third-order valence-electron chi connectivity index (χ3n) is 2.75. The molecule has 1 aromatic rings. The maximum atomic E-state index is 12.0. The van der Waals surface area contributed by atoms with Crippen LogP contribution in [0.15, 0.2) is 0 Å². The summed E-state index contributed by atoms with van der Waals surface area (Å²) in [6.45, 7) is 6.03. The van der Waals surface area contributed by atoms with Crippen LogP contribution in [-0.2, 0) is 11.8 Å². The zero-order valence-corrected chi connectivity index (χ0v) is 11.3. The summed E-state index contributed by atoms with van der Waals surface area (Å²) in [7, 11) is 1.83. The van der Waals surface area contributed by atoms with Crippen molar-refractivity contribution in [1.82, 2.24) is 15.1 Å². The summed E-state index contributed by atoms with van der Waals surface area (Å²) in [5.41, 5.74) is 7.60. The minimum absolute atomic E-state index is 0.0723. The second kappa shape index (κ2) is 7.13. The van der Waals surface area contributed by atoms with E-state index < -0.39 is 0 Å². The lowest BCUT2D eigenvalue weighted by Gasteiger charge is -2.06. The molecule has 6 nitrogen and oxygen atoms in total. The summed E-state index contributed by atoms with van der Waals surface area (Å²) >= 11 is 0. The van der Waals surface area contributed by atoms with Gasteiger partial charge in [0.05, 0.1) is 17.9 Å². The molecule has 0 aliphatic rings. The molecule has 6 heteroatoms. The Labute approximate surface area is 107 Å². The molecule has 3 N–H and O–H groups in total. The Hall–Kier alpha value is -1.40. The molecule has 18 heavy (non-hydrogen) atoms. The van der Waals surface area contributed by atoms with Crippen LogP contribution in [0.3, 0.4) is 0 Å². The standard InChI is InChI=1S/C12H22N4O2/c1-9-11(10(2)16(3)15-9)12(17)14-6-4-7-18-8-5-13/h4-8,13H2,1-3H3,(H,14,17). The molecule has 0 radical (unpaired) electrons. The molecule has 1 amide bonds. The van der Waals surface area contributed by atoms with E-state index in [1.165, 1.54) is 0 Å². The van der Waals surface area contributed by atoms with Crippen LogP contribution in [0, 0.1) is 13.8 Å². The van der Waals surface area contributed by atoms with E-state index in [1.807, 2.05) is 20.9 Å². The molecule has 0 fully saturated rings. The van der Waals surface area contributed by atoms with Gasteiger partial charge in [-0.3, -0.25) is 9.48 Å². The van der Waals surface area contributed by atoms with Gasteiger partial charge in [0.2, 0.25) is 0 Å². The Bertz CT molecular complexity index is 401. The number of carbonyl (C=O) groups excluding carboxylic acids is 1. The first-order valence-corrected chi connectivity index (χ1v) is 6.14. The minimum atomic E-state index is -0.0723. The Balaban J connectivity index is 2.37. The summed E-state index contributed by atoms with van der Waals surface area (Å²) in [5.74, 6) is -0.0723. The highest BCUT2D eigenvalue weighted by atomic mass is 16.5. The van der Waals surface area contributed by atoms with Gasteiger partial charge in [-0.1, -0.05) is 0 Å². The molecule has 0 atom stereocenters. The van der Waals surface area contributed by atoms with Gasteiger partial charge in [-0.2, -0.15) is 5.10 Å². The number of hydrogen-bond acceptors (Lipinski definition) is 4. The first-order chi connectivity index (χ1) is 8.57. The van der Waals surface area contributed by atoms with E-state index in [2.05, 4.69) is 10.4 Å².